The van der Waals surface area contributed by atoms with Gasteiger partial charge in [0.1, 0.15) is 17.4 Å². The molecule has 3 N–H and O–H groups in total. The third-order valence-corrected chi connectivity index (χ3v) is 4.46. The summed E-state index contributed by atoms with van der Waals surface area (Å²) in [6.07, 6.45) is 8.03. The van der Waals surface area contributed by atoms with Gasteiger partial charge in [-0.25, -0.2) is 4.79 Å². The summed E-state index contributed by atoms with van der Waals surface area (Å²) >= 11 is 0. The third-order valence-electron chi connectivity index (χ3n) is 4.46. The Balaban J connectivity index is 0.00000212. The molecule has 6 heteroatoms. The van der Waals surface area contributed by atoms with Crippen molar-refractivity contribution in [1.29, 1.82) is 0 Å². The fourth-order valence-electron chi connectivity index (χ4n) is 2.90. The number of carbonyl (C=O) groups excluding carboxylic acids is 1. The van der Waals surface area contributed by atoms with E-state index in [9.17, 15) is 15.0 Å². The minimum absolute atomic E-state index is 0.263. The van der Waals surface area contributed by atoms with Gasteiger partial charge in [-0.05, 0) is 51.3 Å². The normalized spacial score (nSPS) is 27.1. The number of hydrogen-bond donors (Lipinski definition) is 3. The van der Waals surface area contributed by atoms with Crippen molar-refractivity contribution in [3.63, 3.8) is 0 Å². The second kappa shape index (κ2) is 15.4. The quantitative estimate of drug-likeness (QED) is 0.329. The highest BCUT2D eigenvalue weighted by Crippen LogP contribution is 2.23. The maximum absolute atomic E-state index is 12.7. The predicted molar refractivity (Wildman–Crippen MR) is 123 cm³/mol. The summed E-state index contributed by atoms with van der Waals surface area (Å²) in [5, 5.41) is 27.4. The van der Waals surface area contributed by atoms with Crippen molar-refractivity contribution in [2.24, 2.45) is 0 Å². The van der Waals surface area contributed by atoms with Crippen LogP contribution < -0.4 is 0 Å². The van der Waals surface area contributed by atoms with Gasteiger partial charge >= 0.3 is 5.97 Å². The molecule has 0 spiro atoms. The first-order valence-corrected chi connectivity index (χ1v) is 10.6. The minimum atomic E-state index is -0.884. The van der Waals surface area contributed by atoms with E-state index in [2.05, 4.69) is 5.73 Å². The summed E-state index contributed by atoms with van der Waals surface area (Å²) in [6.45, 7) is 9.55. The van der Waals surface area contributed by atoms with Crippen molar-refractivity contribution in [3.05, 3.63) is 64.2 Å². The lowest BCUT2D eigenvalue weighted by atomic mass is 9.99. The molecule has 3 atom stereocenters. The van der Waals surface area contributed by atoms with E-state index in [4.69, 9.17) is 14.6 Å². The molecule has 0 amide bonds. The molecule has 1 aliphatic carbocycles. The molecular formula is C25H38O6. The number of fused-ring (bicyclic) bond motifs is 1. The van der Waals surface area contributed by atoms with Crippen LogP contribution in [0, 0.1) is 0 Å². The average Bonchev–Trinajstić information content (AvgIpc) is 2.92. The fraction of sp³-hybridized carbons (Fsp3) is 0.520. The first-order chi connectivity index (χ1) is 14.8. The van der Waals surface area contributed by atoms with Gasteiger partial charge in [-0.15, -0.1) is 5.73 Å². The Bertz CT molecular complexity index is 763. The number of rotatable bonds is 1. The first-order valence-electron chi connectivity index (χ1n) is 10.6. The Morgan fingerprint density at radius 1 is 1.10 bits per heavy atom. The van der Waals surface area contributed by atoms with Gasteiger partial charge in [0.25, 0.3) is 0 Å². The second-order valence-corrected chi connectivity index (χ2v) is 7.01. The zero-order valence-electron chi connectivity index (χ0n) is 19.8. The summed E-state index contributed by atoms with van der Waals surface area (Å²) in [6, 6.07) is 0. The van der Waals surface area contributed by atoms with Gasteiger partial charge in [-0.3, -0.25) is 0 Å². The lowest BCUT2D eigenvalue weighted by Gasteiger charge is -2.18. The molecule has 0 radical (unpaired) electrons. The third kappa shape index (κ3) is 9.99. The molecule has 1 heterocycles. The SMILES string of the molecule is CC.CO.COC1=CC(C)=C=C2C(=O)OC(C)C/C=C(/C)CC(O)C(O)C/C=C/C2=C1. The molecule has 31 heavy (non-hydrogen) atoms. The van der Waals surface area contributed by atoms with E-state index >= 15 is 0 Å². The molecule has 174 valence electrons. The zero-order valence-corrected chi connectivity index (χ0v) is 19.8. The number of ether oxygens (including phenoxy) is 2. The number of aliphatic hydroxyl groups is 3. The van der Waals surface area contributed by atoms with Crippen LogP contribution in [-0.4, -0.2) is 53.8 Å². The van der Waals surface area contributed by atoms with E-state index in [-0.39, 0.29) is 12.5 Å². The summed E-state index contributed by atoms with van der Waals surface area (Å²) in [5.74, 6) is 0.142. The number of carbonyl (C=O) groups is 1. The van der Waals surface area contributed by atoms with Gasteiger partial charge in [0, 0.05) is 19.1 Å². The lowest BCUT2D eigenvalue weighted by molar-refractivity contribution is -0.142. The smallest absolute Gasteiger partial charge is 0.346 e. The van der Waals surface area contributed by atoms with Crippen LogP contribution in [0.3, 0.4) is 0 Å². The predicted octanol–water partition coefficient (Wildman–Crippen LogP) is 3.90. The van der Waals surface area contributed by atoms with Gasteiger partial charge in [0.2, 0.25) is 0 Å². The van der Waals surface area contributed by atoms with Crippen LogP contribution in [0.2, 0.25) is 0 Å². The Kier molecular flexibility index (Phi) is 14.3. The molecule has 2 rings (SSSR count). The molecular weight excluding hydrogens is 396 g/mol. The van der Waals surface area contributed by atoms with Crippen molar-refractivity contribution in [3.8, 4) is 0 Å². The highest BCUT2D eigenvalue weighted by molar-refractivity contribution is 5.94. The van der Waals surface area contributed by atoms with Crippen LogP contribution in [0.15, 0.2) is 64.2 Å². The number of cyclic esters (lactones) is 1. The van der Waals surface area contributed by atoms with Crippen molar-refractivity contribution >= 4 is 5.97 Å². The molecule has 0 saturated heterocycles. The van der Waals surface area contributed by atoms with Crippen LogP contribution >= 0.6 is 0 Å². The van der Waals surface area contributed by atoms with Crippen LogP contribution in [0.5, 0.6) is 0 Å². The van der Waals surface area contributed by atoms with E-state index in [1.165, 1.54) is 0 Å². The van der Waals surface area contributed by atoms with Crippen LogP contribution in [0.1, 0.15) is 53.9 Å². The van der Waals surface area contributed by atoms with E-state index in [1.807, 2.05) is 40.7 Å². The van der Waals surface area contributed by atoms with Gasteiger partial charge in [-0.1, -0.05) is 37.6 Å². The van der Waals surface area contributed by atoms with E-state index in [0.29, 0.717) is 29.7 Å². The van der Waals surface area contributed by atoms with Gasteiger partial charge in [-0.2, -0.15) is 0 Å². The van der Waals surface area contributed by atoms with E-state index in [0.717, 1.165) is 18.3 Å². The molecule has 0 aromatic carbocycles. The van der Waals surface area contributed by atoms with E-state index < -0.39 is 18.2 Å². The topological polar surface area (TPSA) is 96.2 Å². The fourth-order valence-corrected chi connectivity index (χ4v) is 2.90. The standard InChI is InChI=1S/C22H28O5.C2H6.CH4O/c1-14-8-9-16(3)27-22(25)19-11-15(2)10-18(26-4)13-17(19)6-5-7-20(23)21(24)12-14;2*1-2/h5-6,8,10,13,16,20-21,23-24H,7,9,12H2,1-4H3;1-2H3;2H,1H3/b6-5+,14-8-;;. The lowest BCUT2D eigenvalue weighted by Crippen LogP contribution is -2.25. The molecule has 0 saturated carbocycles. The first kappa shape index (κ1) is 28.6. The van der Waals surface area contributed by atoms with Gasteiger partial charge in [0.15, 0.2) is 0 Å². The number of esters is 1. The van der Waals surface area contributed by atoms with Crippen LogP contribution in [0.25, 0.3) is 0 Å². The highest BCUT2D eigenvalue weighted by atomic mass is 16.5. The molecule has 3 unspecified atom stereocenters. The number of aliphatic hydroxyl groups excluding tert-OH is 3. The Morgan fingerprint density at radius 2 is 1.74 bits per heavy atom. The Labute approximate surface area is 186 Å². The molecule has 0 bridgehead atoms. The summed E-state index contributed by atoms with van der Waals surface area (Å²) in [7, 11) is 2.56. The van der Waals surface area contributed by atoms with Crippen molar-refractivity contribution in [2.75, 3.05) is 14.2 Å². The monoisotopic (exact) mass is 434 g/mol. The minimum Gasteiger partial charge on any atom is -0.497 e. The van der Waals surface area contributed by atoms with Crippen molar-refractivity contribution < 1.29 is 29.6 Å². The van der Waals surface area contributed by atoms with Gasteiger partial charge < -0.3 is 24.8 Å². The van der Waals surface area contributed by atoms with Crippen LogP contribution in [-0.2, 0) is 14.3 Å². The molecule has 6 nitrogen and oxygen atoms in total. The van der Waals surface area contributed by atoms with E-state index in [1.54, 1.807) is 31.4 Å². The highest BCUT2D eigenvalue weighted by Gasteiger charge is 2.21. The Morgan fingerprint density at radius 3 is 2.35 bits per heavy atom. The Hall–Kier alpha value is -2.37. The average molecular weight is 435 g/mol. The molecule has 0 fully saturated rings. The van der Waals surface area contributed by atoms with Crippen LogP contribution in [0.4, 0.5) is 0 Å². The summed E-state index contributed by atoms with van der Waals surface area (Å²) in [4.78, 5) is 12.7. The largest absolute Gasteiger partial charge is 0.497 e. The number of allylic oxidation sites excluding steroid dienone is 3. The zero-order chi connectivity index (χ0) is 24.0. The summed E-state index contributed by atoms with van der Waals surface area (Å²) in [5.41, 5.74) is 5.67. The number of methoxy groups -OCH3 is 1. The molecule has 1 aliphatic heterocycles. The maximum Gasteiger partial charge on any atom is 0.346 e. The molecule has 0 aromatic rings. The molecule has 0 aromatic heterocycles. The van der Waals surface area contributed by atoms with Crippen molar-refractivity contribution in [2.45, 2.75) is 72.2 Å². The molecule has 2 aliphatic rings. The van der Waals surface area contributed by atoms with Crippen molar-refractivity contribution in [1.82, 2.24) is 0 Å². The second-order valence-electron chi connectivity index (χ2n) is 7.01. The van der Waals surface area contributed by atoms with Gasteiger partial charge in [0.05, 0.1) is 19.3 Å². The maximum atomic E-state index is 12.7. The number of hydrogen-bond acceptors (Lipinski definition) is 6. The summed E-state index contributed by atoms with van der Waals surface area (Å²) < 4.78 is 10.9.